The predicted octanol–water partition coefficient (Wildman–Crippen LogP) is 6.11. The molecule has 0 spiro atoms. The molecule has 7 heteroatoms. The van der Waals surface area contributed by atoms with Crippen molar-refractivity contribution >= 4 is 44.7 Å². The molecule has 0 radical (unpaired) electrons. The first-order valence-electron chi connectivity index (χ1n) is 11.7. The summed E-state index contributed by atoms with van der Waals surface area (Å²) in [6.07, 6.45) is 3.35. The number of likely N-dealkylation sites (tertiary alicyclic amines) is 1. The summed E-state index contributed by atoms with van der Waals surface area (Å²) < 4.78 is 12.1. The van der Waals surface area contributed by atoms with Crippen LogP contribution in [0.1, 0.15) is 24.0 Å². The number of amides is 1. The molecular formula is C28H29BrN2O3S. The number of thiocarbonyl (C=S) groups is 1. The Morgan fingerprint density at radius 1 is 1.06 bits per heavy atom. The van der Waals surface area contributed by atoms with Crippen molar-refractivity contribution in [2.45, 2.75) is 19.3 Å². The number of rotatable bonds is 8. The van der Waals surface area contributed by atoms with Crippen LogP contribution in [-0.2, 0) is 11.2 Å². The molecule has 0 aliphatic carbocycles. The molecular weight excluding hydrogens is 524 g/mol. The monoisotopic (exact) mass is 552 g/mol. The number of hydrogen-bond acceptors (Lipinski definition) is 4. The highest BCUT2D eigenvalue weighted by Gasteiger charge is 2.23. The highest BCUT2D eigenvalue weighted by Crippen LogP contribution is 2.37. The van der Waals surface area contributed by atoms with E-state index in [1.54, 1.807) is 7.11 Å². The SMILES string of the molecule is COc1cc(C(=S)N2CCC(Cc3ccccc3)CC2)cc(Br)c1OCC(=O)Nc1ccccc1. The van der Waals surface area contributed by atoms with Gasteiger partial charge < -0.3 is 19.7 Å². The number of hydrogen-bond donors (Lipinski definition) is 1. The van der Waals surface area contributed by atoms with Crippen molar-refractivity contribution in [1.29, 1.82) is 0 Å². The van der Waals surface area contributed by atoms with E-state index in [2.05, 4.69) is 56.5 Å². The van der Waals surface area contributed by atoms with Crippen LogP contribution in [0.15, 0.2) is 77.3 Å². The maximum absolute atomic E-state index is 12.3. The molecule has 1 heterocycles. The van der Waals surface area contributed by atoms with Gasteiger partial charge in [0.25, 0.3) is 5.91 Å². The summed E-state index contributed by atoms with van der Waals surface area (Å²) in [5.41, 5.74) is 3.02. The zero-order chi connectivity index (χ0) is 24.6. The van der Waals surface area contributed by atoms with E-state index in [4.69, 9.17) is 21.7 Å². The lowest BCUT2D eigenvalue weighted by Gasteiger charge is -2.34. The van der Waals surface area contributed by atoms with Gasteiger partial charge in [0.2, 0.25) is 0 Å². The van der Waals surface area contributed by atoms with E-state index >= 15 is 0 Å². The van der Waals surface area contributed by atoms with Gasteiger partial charge in [-0.1, -0.05) is 60.7 Å². The summed E-state index contributed by atoms with van der Waals surface area (Å²) in [5.74, 6) is 1.44. The number of carbonyl (C=O) groups is 1. The molecule has 0 saturated carbocycles. The molecule has 4 rings (SSSR count). The minimum Gasteiger partial charge on any atom is -0.493 e. The summed E-state index contributed by atoms with van der Waals surface area (Å²) in [6.45, 7) is 1.74. The van der Waals surface area contributed by atoms with Crippen molar-refractivity contribution in [2.75, 3.05) is 32.1 Å². The number of nitrogens with zero attached hydrogens (tertiary/aromatic N) is 1. The zero-order valence-electron chi connectivity index (χ0n) is 19.7. The Morgan fingerprint density at radius 2 is 1.71 bits per heavy atom. The normalized spacial score (nSPS) is 13.8. The van der Waals surface area contributed by atoms with E-state index in [0.717, 1.165) is 48.6 Å². The topological polar surface area (TPSA) is 50.8 Å². The number of anilines is 1. The summed E-state index contributed by atoms with van der Waals surface area (Å²) >= 11 is 9.42. The third kappa shape index (κ3) is 6.83. The van der Waals surface area contributed by atoms with Gasteiger partial charge in [-0.2, -0.15) is 0 Å². The van der Waals surface area contributed by atoms with Crippen molar-refractivity contribution in [1.82, 2.24) is 4.90 Å². The van der Waals surface area contributed by atoms with E-state index in [0.29, 0.717) is 21.9 Å². The van der Waals surface area contributed by atoms with Crippen LogP contribution >= 0.6 is 28.1 Å². The van der Waals surface area contributed by atoms with Crippen LogP contribution in [0.2, 0.25) is 0 Å². The Labute approximate surface area is 220 Å². The molecule has 3 aromatic carbocycles. The second-order valence-corrected chi connectivity index (χ2v) is 9.86. The molecule has 0 bridgehead atoms. The van der Waals surface area contributed by atoms with Gasteiger partial charge in [0.05, 0.1) is 11.6 Å². The molecule has 35 heavy (non-hydrogen) atoms. The smallest absolute Gasteiger partial charge is 0.262 e. The van der Waals surface area contributed by atoms with E-state index in [-0.39, 0.29) is 12.5 Å². The van der Waals surface area contributed by atoms with Crippen LogP contribution < -0.4 is 14.8 Å². The average molecular weight is 554 g/mol. The third-order valence-electron chi connectivity index (χ3n) is 6.15. The lowest BCUT2D eigenvalue weighted by molar-refractivity contribution is -0.118. The number of ether oxygens (including phenoxy) is 2. The predicted molar refractivity (Wildman–Crippen MR) is 147 cm³/mol. The molecule has 1 aliphatic rings. The average Bonchev–Trinajstić information content (AvgIpc) is 2.89. The van der Waals surface area contributed by atoms with E-state index < -0.39 is 0 Å². The van der Waals surface area contributed by atoms with Crippen LogP contribution in [0.5, 0.6) is 11.5 Å². The third-order valence-corrected chi connectivity index (χ3v) is 7.23. The summed E-state index contributed by atoms with van der Waals surface area (Å²) in [5, 5.41) is 2.81. The Balaban J connectivity index is 1.35. The van der Waals surface area contributed by atoms with Gasteiger partial charge in [-0.3, -0.25) is 4.79 Å². The fraction of sp³-hybridized carbons (Fsp3) is 0.286. The van der Waals surface area contributed by atoms with Crippen molar-refractivity contribution < 1.29 is 14.3 Å². The number of benzene rings is 3. The van der Waals surface area contributed by atoms with Crippen LogP contribution in [-0.4, -0.2) is 42.6 Å². The molecule has 0 unspecified atom stereocenters. The molecule has 5 nitrogen and oxygen atoms in total. The van der Waals surface area contributed by atoms with E-state index in [1.165, 1.54) is 5.56 Å². The van der Waals surface area contributed by atoms with Gasteiger partial charge in [0.15, 0.2) is 18.1 Å². The molecule has 1 N–H and O–H groups in total. The maximum atomic E-state index is 12.3. The Hall–Kier alpha value is -2.90. The Morgan fingerprint density at radius 3 is 2.37 bits per heavy atom. The van der Waals surface area contributed by atoms with Gasteiger partial charge >= 0.3 is 0 Å². The number of halogens is 1. The lowest BCUT2D eigenvalue weighted by atomic mass is 9.90. The number of carbonyl (C=O) groups excluding carboxylic acids is 1. The second kappa shape index (κ2) is 12.2. The Bertz CT molecular complexity index is 1150. The van der Waals surface area contributed by atoms with Gasteiger partial charge in [-0.15, -0.1) is 0 Å². The quantitative estimate of drug-likeness (QED) is 0.342. The number of nitrogens with one attached hydrogen (secondary N) is 1. The standard InChI is InChI=1S/C28H29BrN2O3S/c1-33-25-18-22(17-24(29)27(25)34-19-26(32)30-23-10-6-3-7-11-23)28(35)31-14-12-21(13-15-31)16-20-8-4-2-5-9-20/h2-11,17-18,21H,12-16,19H2,1H3,(H,30,32). The molecule has 0 aromatic heterocycles. The fourth-order valence-electron chi connectivity index (χ4n) is 4.31. The fourth-order valence-corrected chi connectivity index (χ4v) is 5.17. The van der Waals surface area contributed by atoms with Crippen molar-refractivity contribution in [2.24, 2.45) is 5.92 Å². The number of piperidine rings is 1. The van der Waals surface area contributed by atoms with Crippen LogP contribution in [0.25, 0.3) is 0 Å². The molecule has 1 saturated heterocycles. The second-order valence-electron chi connectivity index (χ2n) is 8.62. The number of methoxy groups -OCH3 is 1. The zero-order valence-corrected chi connectivity index (χ0v) is 22.1. The van der Waals surface area contributed by atoms with E-state index in [1.807, 2.05) is 42.5 Å². The number of para-hydroxylation sites is 1. The first-order chi connectivity index (χ1) is 17.0. The Kier molecular flexibility index (Phi) is 8.77. The summed E-state index contributed by atoms with van der Waals surface area (Å²) in [4.78, 5) is 15.4. The molecule has 3 aromatic rings. The molecule has 0 atom stereocenters. The summed E-state index contributed by atoms with van der Waals surface area (Å²) in [7, 11) is 1.58. The van der Waals surface area contributed by atoms with Crippen LogP contribution in [0.4, 0.5) is 5.69 Å². The minimum absolute atomic E-state index is 0.136. The van der Waals surface area contributed by atoms with Gasteiger partial charge in [-0.05, 0) is 70.9 Å². The summed E-state index contributed by atoms with van der Waals surface area (Å²) in [6, 6.07) is 23.8. The van der Waals surface area contributed by atoms with Gasteiger partial charge in [0, 0.05) is 24.3 Å². The van der Waals surface area contributed by atoms with Crippen LogP contribution in [0, 0.1) is 5.92 Å². The van der Waals surface area contributed by atoms with Crippen LogP contribution in [0.3, 0.4) is 0 Å². The maximum Gasteiger partial charge on any atom is 0.262 e. The molecule has 1 aliphatic heterocycles. The largest absolute Gasteiger partial charge is 0.493 e. The first kappa shape index (κ1) is 25.2. The highest BCUT2D eigenvalue weighted by molar-refractivity contribution is 9.10. The highest BCUT2D eigenvalue weighted by atomic mass is 79.9. The van der Waals surface area contributed by atoms with Crippen molar-refractivity contribution in [3.8, 4) is 11.5 Å². The van der Waals surface area contributed by atoms with Gasteiger partial charge in [-0.25, -0.2) is 0 Å². The molecule has 182 valence electrons. The lowest BCUT2D eigenvalue weighted by Crippen LogP contribution is -2.38. The van der Waals surface area contributed by atoms with Crippen molar-refractivity contribution in [3.05, 3.63) is 88.4 Å². The van der Waals surface area contributed by atoms with Gasteiger partial charge in [0.1, 0.15) is 4.99 Å². The minimum atomic E-state index is -0.247. The molecule has 1 amide bonds. The van der Waals surface area contributed by atoms with E-state index in [9.17, 15) is 4.79 Å². The first-order valence-corrected chi connectivity index (χ1v) is 12.9. The molecule has 1 fully saturated rings. The van der Waals surface area contributed by atoms with Crippen molar-refractivity contribution in [3.63, 3.8) is 0 Å².